The minimum atomic E-state index is 0.510. The molecule has 6 heteroatoms. The lowest BCUT2D eigenvalue weighted by atomic mass is 10.2. The summed E-state index contributed by atoms with van der Waals surface area (Å²) in [5.41, 5.74) is 2.01. The lowest BCUT2D eigenvalue weighted by molar-refractivity contribution is 0.432. The first-order valence-corrected chi connectivity index (χ1v) is 7.23. The van der Waals surface area contributed by atoms with Crippen molar-refractivity contribution in [2.24, 2.45) is 0 Å². The number of hydrogen-bond acceptors (Lipinski definition) is 6. The molecule has 2 aromatic heterocycles. The lowest BCUT2D eigenvalue weighted by Gasteiger charge is -1.97. The predicted octanol–water partition coefficient (Wildman–Crippen LogP) is 3.16. The molecule has 0 atom stereocenters. The van der Waals surface area contributed by atoms with Crippen molar-refractivity contribution in [2.45, 2.75) is 13.3 Å². The number of nitrogens with one attached hydrogen (secondary N) is 1. The molecule has 3 rings (SSSR count). The van der Waals surface area contributed by atoms with Crippen molar-refractivity contribution in [3.05, 3.63) is 46.4 Å². The van der Waals surface area contributed by atoms with Crippen LogP contribution in [0.3, 0.4) is 0 Å². The Hall–Kier alpha value is -2.21. The molecule has 0 saturated carbocycles. The standard InChI is InChI=1S/C14H14N4OS/c1-10-16-12(9-20-10)7-8-15-14-17-13(19-18-14)11-5-3-2-4-6-11/h2-6,9H,7-8H2,1H3,(H,15,18). The van der Waals surface area contributed by atoms with Gasteiger partial charge in [0.05, 0.1) is 10.7 Å². The largest absolute Gasteiger partial charge is 0.351 e. The van der Waals surface area contributed by atoms with E-state index in [1.165, 1.54) is 0 Å². The van der Waals surface area contributed by atoms with Crippen LogP contribution in [0, 0.1) is 6.92 Å². The molecule has 3 aromatic rings. The molecule has 0 bridgehead atoms. The molecule has 2 heterocycles. The summed E-state index contributed by atoms with van der Waals surface area (Å²) in [6, 6.07) is 9.72. The van der Waals surface area contributed by atoms with Crippen molar-refractivity contribution in [2.75, 3.05) is 11.9 Å². The van der Waals surface area contributed by atoms with Crippen molar-refractivity contribution in [1.82, 2.24) is 15.1 Å². The number of thiazole rings is 1. The molecule has 0 radical (unpaired) electrons. The van der Waals surface area contributed by atoms with Gasteiger partial charge in [-0.25, -0.2) is 4.98 Å². The van der Waals surface area contributed by atoms with E-state index in [1.54, 1.807) is 11.3 Å². The smallest absolute Gasteiger partial charge is 0.263 e. The molecular weight excluding hydrogens is 272 g/mol. The van der Waals surface area contributed by atoms with Gasteiger partial charge in [-0.1, -0.05) is 18.2 Å². The second-order valence-corrected chi connectivity index (χ2v) is 5.39. The Morgan fingerprint density at radius 3 is 2.80 bits per heavy atom. The highest BCUT2D eigenvalue weighted by atomic mass is 32.1. The Bertz CT molecular complexity index is 677. The molecule has 1 aromatic carbocycles. The van der Waals surface area contributed by atoms with Gasteiger partial charge in [0.1, 0.15) is 0 Å². The third-order valence-electron chi connectivity index (χ3n) is 2.78. The highest BCUT2D eigenvalue weighted by Gasteiger charge is 2.07. The molecule has 0 fully saturated rings. The van der Waals surface area contributed by atoms with E-state index in [9.17, 15) is 0 Å². The summed E-state index contributed by atoms with van der Waals surface area (Å²) in [7, 11) is 0. The van der Waals surface area contributed by atoms with Crippen LogP contribution in [0.15, 0.2) is 40.2 Å². The highest BCUT2D eigenvalue weighted by Crippen LogP contribution is 2.17. The van der Waals surface area contributed by atoms with Gasteiger partial charge in [-0.3, -0.25) is 0 Å². The average molecular weight is 286 g/mol. The zero-order valence-corrected chi connectivity index (χ0v) is 11.9. The Morgan fingerprint density at radius 2 is 2.05 bits per heavy atom. The molecule has 0 spiro atoms. The lowest BCUT2D eigenvalue weighted by Crippen LogP contribution is -2.06. The van der Waals surface area contributed by atoms with Crippen LogP contribution in [0.5, 0.6) is 0 Å². The molecule has 0 aliphatic carbocycles. The molecule has 102 valence electrons. The fraction of sp³-hybridized carbons (Fsp3) is 0.214. The highest BCUT2D eigenvalue weighted by molar-refractivity contribution is 7.09. The Balaban J connectivity index is 1.58. The van der Waals surface area contributed by atoms with Gasteiger partial charge in [-0.05, 0) is 24.2 Å². The summed E-state index contributed by atoms with van der Waals surface area (Å²) in [4.78, 5) is 8.72. The maximum atomic E-state index is 5.22. The molecular formula is C14H14N4OS. The van der Waals surface area contributed by atoms with E-state index < -0.39 is 0 Å². The minimum Gasteiger partial charge on any atom is -0.351 e. The monoisotopic (exact) mass is 286 g/mol. The maximum Gasteiger partial charge on any atom is 0.263 e. The number of aryl methyl sites for hydroxylation is 1. The summed E-state index contributed by atoms with van der Waals surface area (Å²) in [6.07, 6.45) is 0.847. The molecule has 0 aliphatic heterocycles. The third-order valence-corrected chi connectivity index (χ3v) is 3.60. The number of anilines is 1. The molecule has 0 aliphatic rings. The molecule has 1 N–H and O–H groups in total. The number of hydrogen-bond donors (Lipinski definition) is 1. The molecule has 5 nitrogen and oxygen atoms in total. The van der Waals surface area contributed by atoms with E-state index in [0.29, 0.717) is 11.8 Å². The zero-order valence-electron chi connectivity index (χ0n) is 11.0. The van der Waals surface area contributed by atoms with E-state index in [-0.39, 0.29) is 0 Å². The molecule has 0 saturated heterocycles. The van der Waals surface area contributed by atoms with Gasteiger partial charge in [-0.15, -0.1) is 11.3 Å². The van der Waals surface area contributed by atoms with Gasteiger partial charge >= 0.3 is 0 Å². The van der Waals surface area contributed by atoms with Crippen LogP contribution < -0.4 is 5.32 Å². The molecule has 0 amide bonds. The summed E-state index contributed by atoms with van der Waals surface area (Å²) in [5, 5.41) is 10.2. The van der Waals surface area contributed by atoms with Crippen LogP contribution in [0.2, 0.25) is 0 Å². The van der Waals surface area contributed by atoms with Crippen LogP contribution in [0.1, 0.15) is 10.7 Å². The van der Waals surface area contributed by atoms with Crippen LogP contribution in [-0.4, -0.2) is 21.7 Å². The van der Waals surface area contributed by atoms with E-state index >= 15 is 0 Å². The van der Waals surface area contributed by atoms with Gasteiger partial charge in [0.25, 0.3) is 11.8 Å². The third kappa shape index (κ3) is 3.03. The van der Waals surface area contributed by atoms with E-state index in [1.807, 2.05) is 37.3 Å². The molecule has 20 heavy (non-hydrogen) atoms. The second-order valence-electron chi connectivity index (χ2n) is 4.32. The normalized spacial score (nSPS) is 10.7. The fourth-order valence-electron chi connectivity index (χ4n) is 1.82. The predicted molar refractivity (Wildman–Crippen MR) is 78.8 cm³/mol. The Labute approximate surface area is 120 Å². The quantitative estimate of drug-likeness (QED) is 0.780. The SMILES string of the molecule is Cc1nc(CCNc2noc(-c3ccccc3)n2)cs1. The van der Waals surface area contributed by atoms with Crippen molar-refractivity contribution in [1.29, 1.82) is 0 Å². The van der Waals surface area contributed by atoms with Crippen molar-refractivity contribution in [3.63, 3.8) is 0 Å². The van der Waals surface area contributed by atoms with Gasteiger partial charge in [0.15, 0.2) is 0 Å². The zero-order chi connectivity index (χ0) is 13.8. The molecule has 0 unspecified atom stereocenters. The van der Waals surface area contributed by atoms with Crippen molar-refractivity contribution >= 4 is 17.3 Å². The van der Waals surface area contributed by atoms with Gasteiger partial charge in [0, 0.05) is 23.9 Å². The van der Waals surface area contributed by atoms with Crippen LogP contribution in [-0.2, 0) is 6.42 Å². The topological polar surface area (TPSA) is 63.8 Å². The number of aromatic nitrogens is 3. The summed E-state index contributed by atoms with van der Waals surface area (Å²) < 4.78 is 5.22. The van der Waals surface area contributed by atoms with E-state index in [2.05, 4.69) is 25.8 Å². The van der Waals surface area contributed by atoms with E-state index in [4.69, 9.17) is 4.52 Å². The Kier molecular flexibility index (Phi) is 3.73. The fourth-order valence-corrected chi connectivity index (χ4v) is 2.47. The van der Waals surface area contributed by atoms with E-state index in [0.717, 1.165) is 29.2 Å². The Morgan fingerprint density at radius 1 is 1.20 bits per heavy atom. The van der Waals surface area contributed by atoms with Gasteiger partial charge in [-0.2, -0.15) is 4.98 Å². The summed E-state index contributed by atoms with van der Waals surface area (Å²) in [5.74, 6) is 1.04. The average Bonchev–Trinajstić information content (AvgIpc) is 3.09. The first-order chi connectivity index (χ1) is 9.81. The van der Waals surface area contributed by atoms with Gasteiger partial charge < -0.3 is 9.84 Å². The first-order valence-electron chi connectivity index (χ1n) is 6.35. The van der Waals surface area contributed by atoms with Gasteiger partial charge in [0.2, 0.25) is 0 Å². The van der Waals surface area contributed by atoms with Crippen molar-refractivity contribution < 1.29 is 4.52 Å². The van der Waals surface area contributed by atoms with Crippen LogP contribution in [0.4, 0.5) is 5.95 Å². The summed E-state index contributed by atoms with van der Waals surface area (Å²) in [6.45, 7) is 2.74. The van der Waals surface area contributed by atoms with Crippen molar-refractivity contribution in [3.8, 4) is 11.5 Å². The number of rotatable bonds is 5. The summed E-state index contributed by atoms with van der Waals surface area (Å²) >= 11 is 1.66. The second kappa shape index (κ2) is 5.83. The number of nitrogens with zero attached hydrogens (tertiary/aromatic N) is 3. The minimum absolute atomic E-state index is 0.510. The maximum absolute atomic E-state index is 5.22. The van der Waals surface area contributed by atoms with Crippen LogP contribution in [0.25, 0.3) is 11.5 Å². The first kappa shape index (κ1) is 12.8. The van der Waals surface area contributed by atoms with Crippen LogP contribution >= 0.6 is 11.3 Å². The number of benzene rings is 1.